The first kappa shape index (κ1) is 5.23. The Morgan fingerprint density at radius 2 is 2.11 bits per heavy atom. The van der Waals surface area contributed by atoms with Crippen LogP contribution < -0.4 is 0 Å². The van der Waals surface area contributed by atoms with Crippen molar-refractivity contribution in [3.8, 4) is 0 Å². The van der Waals surface area contributed by atoms with Crippen molar-refractivity contribution in [2.45, 2.75) is 0 Å². The quantitative estimate of drug-likeness (QED) is 0.522. The fourth-order valence-corrected chi connectivity index (χ4v) is 1.72. The Hall–Kier alpha value is -0.570. The first-order valence-corrected chi connectivity index (χ1v) is 3.22. The highest BCUT2D eigenvalue weighted by Crippen LogP contribution is 2.33. The maximum absolute atomic E-state index is 10.4. The number of carboxylic acid groups (broad SMARTS) is 1. The monoisotopic (exact) mass is 127 g/mol. The second-order valence-corrected chi connectivity index (χ2v) is 2.92. The molecule has 3 saturated heterocycles. The molecule has 3 fully saturated rings. The first-order chi connectivity index (χ1) is 4.27. The van der Waals surface area contributed by atoms with Crippen molar-refractivity contribution in [2.75, 3.05) is 19.6 Å². The molecule has 0 aromatic carbocycles. The van der Waals surface area contributed by atoms with Crippen LogP contribution in [0.25, 0.3) is 0 Å². The number of nitrogens with zero attached hydrogens (tertiary/aromatic N) is 1. The lowest BCUT2D eigenvalue weighted by Crippen LogP contribution is -2.36. The van der Waals surface area contributed by atoms with Gasteiger partial charge in [0.1, 0.15) is 0 Å². The zero-order valence-electron chi connectivity index (χ0n) is 5.08. The Balaban J connectivity index is 2.08. The second kappa shape index (κ2) is 1.48. The Morgan fingerprint density at radius 3 is 2.33 bits per heavy atom. The Bertz CT molecular complexity index is 151. The third-order valence-electron chi connectivity index (χ3n) is 2.33. The van der Waals surface area contributed by atoms with Crippen molar-refractivity contribution in [2.24, 2.45) is 11.8 Å². The van der Waals surface area contributed by atoms with Crippen LogP contribution in [0.2, 0.25) is 0 Å². The summed E-state index contributed by atoms with van der Waals surface area (Å²) in [5, 5.41) is 8.58. The van der Waals surface area contributed by atoms with Gasteiger partial charge >= 0.3 is 5.97 Å². The lowest BCUT2D eigenvalue weighted by Gasteiger charge is -2.26. The number of hydrogen-bond acceptors (Lipinski definition) is 2. The number of rotatable bonds is 1. The summed E-state index contributed by atoms with van der Waals surface area (Å²) in [6, 6.07) is 0. The molecule has 3 nitrogen and oxygen atoms in total. The lowest BCUT2D eigenvalue weighted by molar-refractivity contribution is -0.141. The van der Waals surface area contributed by atoms with E-state index in [0.29, 0.717) is 5.92 Å². The van der Waals surface area contributed by atoms with Crippen molar-refractivity contribution in [1.29, 1.82) is 0 Å². The highest BCUT2D eigenvalue weighted by molar-refractivity contribution is 5.71. The number of fused-ring (bicyclic) bond motifs is 1. The molecule has 1 N–H and O–H groups in total. The van der Waals surface area contributed by atoms with Gasteiger partial charge in [-0.1, -0.05) is 0 Å². The van der Waals surface area contributed by atoms with Crippen LogP contribution in [0.5, 0.6) is 0 Å². The Morgan fingerprint density at radius 1 is 1.44 bits per heavy atom. The molecule has 3 heteroatoms. The first-order valence-electron chi connectivity index (χ1n) is 3.22. The van der Waals surface area contributed by atoms with E-state index in [1.807, 2.05) is 0 Å². The van der Waals surface area contributed by atoms with Crippen LogP contribution in [0.1, 0.15) is 0 Å². The fourth-order valence-electron chi connectivity index (χ4n) is 1.72. The van der Waals surface area contributed by atoms with Crippen molar-refractivity contribution in [1.82, 2.24) is 4.90 Å². The maximum atomic E-state index is 10.4. The predicted octanol–water partition coefficient (Wildman–Crippen LogP) is -0.367. The Labute approximate surface area is 53.3 Å². The zero-order valence-corrected chi connectivity index (χ0v) is 5.08. The van der Waals surface area contributed by atoms with E-state index in [0.717, 1.165) is 19.6 Å². The fraction of sp³-hybridized carbons (Fsp3) is 0.833. The zero-order chi connectivity index (χ0) is 6.43. The molecule has 3 aliphatic rings. The van der Waals surface area contributed by atoms with Gasteiger partial charge in [0.25, 0.3) is 0 Å². The average molecular weight is 127 g/mol. The third-order valence-corrected chi connectivity index (χ3v) is 2.33. The summed E-state index contributed by atoms with van der Waals surface area (Å²) in [4.78, 5) is 12.6. The van der Waals surface area contributed by atoms with E-state index in [1.165, 1.54) is 0 Å². The van der Waals surface area contributed by atoms with Gasteiger partial charge in [0.15, 0.2) is 0 Å². The lowest BCUT2D eigenvalue weighted by atomic mass is 9.95. The van der Waals surface area contributed by atoms with E-state index < -0.39 is 5.97 Å². The maximum Gasteiger partial charge on any atom is 0.308 e. The predicted molar refractivity (Wildman–Crippen MR) is 31.1 cm³/mol. The molecule has 3 heterocycles. The van der Waals surface area contributed by atoms with E-state index in [9.17, 15) is 4.79 Å². The largest absolute Gasteiger partial charge is 0.481 e. The molecule has 0 radical (unpaired) electrons. The van der Waals surface area contributed by atoms with Crippen LogP contribution in [0, 0.1) is 11.8 Å². The van der Waals surface area contributed by atoms with Gasteiger partial charge in [0.2, 0.25) is 0 Å². The van der Waals surface area contributed by atoms with Gasteiger partial charge in [-0.05, 0) is 5.92 Å². The molecule has 1 atom stereocenters. The van der Waals surface area contributed by atoms with Crippen LogP contribution in [0.3, 0.4) is 0 Å². The third kappa shape index (κ3) is 0.580. The smallest absolute Gasteiger partial charge is 0.308 e. The van der Waals surface area contributed by atoms with Crippen molar-refractivity contribution in [3.05, 3.63) is 0 Å². The minimum atomic E-state index is -0.611. The molecule has 50 valence electrons. The summed E-state index contributed by atoms with van der Waals surface area (Å²) in [6.45, 7) is 2.84. The van der Waals surface area contributed by atoms with Gasteiger partial charge in [0.05, 0.1) is 5.92 Å². The molecule has 0 saturated carbocycles. The van der Waals surface area contributed by atoms with Gasteiger partial charge in [-0.2, -0.15) is 0 Å². The van der Waals surface area contributed by atoms with Gasteiger partial charge in [0, 0.05) is 19.6 Å². The molecule has 1 unspecified atom stereocenters. The van der Waals surface area contributed by atoms with Crippen LogP contribution >= 0.6 is 0 Å². The molecule has 0 aromatic heterocycles. The van der Waals surface area contributed by atoms with E-state index in [2.05, 4.69) is 4.90 Å². The summed E-state index contributed by atoms with van der Waals surface area (Å²) >= 11 is 0. The molecular formula is C6H9NO2. The highest BCUT2D eigenvalue weighted by atomic mass is 16.4. The SMILES string of the molecule is O=C(O)C1CN2CC1C2. The normalized spacial score (nSPS) is 46.4. The summed E-state index contributed by atoms with van der Waals surface area (Å²) in [6.07, 6.45) is 0. The van der Waals surface area contributed by atoms with Gasteiger partial charge in [-0.15, -0.1) is 0 Å². The van der Waals surface area contributed by atoms with Crippen LogP contribution in [0.4, 0.5) is 0 Å². The van der Waals surface area contributed by atoms with Crippen LogP contribution in [0.15, 0.2) is 0 Å². The summed E-state index contributed by atoms with van der Waals surface area (Å²) < 4.78 is 0. The van der Waals surface area contributed by atoms with Gasteiger partial charge in [-0.3, -0.25) is 4.79 Å². The molecule has 0 amide bonds. The van der Waals surface area contributed by atoms with E-state index in [1.54, 1.807) is 0 Å². The number of carbonyl (C=O) groups is 1. The number of hydrogen-bond donors (Lipinski definition) is 1. The molecule has 0 aliphatic carbocycles. The van der Waals surface area contributed by atoms with Crippen LogP contribution in [-0.2, 0) is 4.79 Å². The topological polar surface area (TPSA) is 40.5 Å². The van der Waals surface area contributed by atoms with E-state index in [-0.39, 0.29) is 5.92 Å². The van der Waals surface area contributed by atoms with Crippen molar-refractivity contribution >= 4 is 5.97 Å². The summed E-state index contributed by atoms with van der Waals surface area (Å²) in [7, 11) is 0. The minimum Gasteiger partial charge on any atom is -0.481 e. The van der Waals surface area contributed by atoms with Crippen molar-refractivity contribution in [3.63, 3.8) is 0 Å². The molecule has 3 rings (SSSR count). The summed E-state index contributed by atoms with van der Waals surface area (Å²) in [5.41, 5.74) is 0. The van der Waals surface area contributed by atoms with Crippen LogP contribution in [-0.4, -0.2) is 35.6 Å². The van der Waals surface area contributed by atoms with E-state index in [4.69, 9.17) is 5.11 Å². The molecule has 9 heavy (non-hydrogen) atoms. The van der Waals surface area contributed by atoms with Gasteiger partial charge < -0.3 is 10.0 Å². The van der Waals surface area contributed by atoms with Crippen molar-refractivity contribution < 1.29 is 9.90 Å². The van der Waals surface area contributed by atoms with Gasteiger partial charge in [-0.25, -0.2) is 0 Å². The number of carboxylic acids is 1. The Kier molecular flexibility index (Phi) is 0.858. The minimum absolute atomic E-state index is 0.0509. The van der Waals surface area contributed by atoms with E-state index >= 15 is 0 Å². The number of aliphatic carboxylic acids is 1. The highest BCUT2D eigenvalue weighted by Gasteiger charge is 2.46. The molecule has 0 spiro atoms. The molecular weight excluding hydrogens is 118 g/mol. The standard InChI is InChI=1S/C6H9NO2/c8-6(9)5-3-7-1-4(5)2-7/h4-5H,1-3H2,(H,8,9). The molecule has 2 bridgehead atoms. The molecule has 0 aromatic rings. The second-order valence-electron chi connectivity index (χ2n) is 2.92. The molecule has 3 aliphatic heterocycles. The average Bonchev–Trinajstić information content (AvgIpc) is 2.12. The summed E-state index contributed by atoms with van der Waals surface area (Å²) in [5.74, 6) is -0.188.